The van der Waals surface area contributed by atoms with Gasteiger partial charge in [0.2, 0.25) is 11.9 Å². The molecule has 0 aliphatic heterocycles. The van der Waals surface area contributed by atoms with Crippen molar-refractivity contribution in [2.45, 2.75) is 59.0 Å². The van der Waals surface area contributed by atoms with Crippen LogP contribution in [0.1, 0.15) is 54.4 Å². The Morgan fingerprint density at radius 1 is 1.11 bits per heavy atom. The van der Waals surface area contributed by atoms with Crippen LogP contribution in [0.3, 0.4) is 0 Å². The number of rotatable bonds is 9. The van der Waals surface area contributed by atoms with E-state index in [0.717, 1.165) is 31.2 Å². The van der Waals surface area contributed by atoms with E-state index in [1.54, 1.807) is 35.3 Å². The van der Waals surface area contributed by atoms with Crippen LogP contribution in [0.2, 0.25) is 0 Å². The summed E-state index contributed by atoms with van der Waals surface area (Å²) in [4.78, 5) is 35.0. The highest BCUT2D eigenvalue weighted by atomic mass is 19.1. The zero-order valence-corrected chi connectivity index (χ0v) is 20.8. The van der Waals surface area contributed by atoms with E-state index in [-0.39, 0.29) is 23.6 Å². The fraction of sp³-hybridized carbons (Fsp3) is 0.444. The normalized spacial score (nSPS) is 16.1. The average Bonchev–Trinajstić information content (AvgIpc) is 3.80. The largest absolute Gasteiger partial charge is 0.339 e. The number of hydrogen-bond donors (Lipinski definition) is 2. The average molecular weight is 491 g/mol. The van der Waals surface area contributed by atoms with Gasteiger partial charge in [-0.3, -0.25) is 19.3 Å². The maximum Gasteiger partial charge on any atom is 0.270 e. The minimum absolute atomic E-state index is 0.0529. The maximum atomic E-state index is 15.0. The second kappa shape index (κ2) is 9.79. The lowest BCUT2D eigenvalue weighted by Crippen LogP contribution is -2.50. The van der Waals surface area contributed by atoms with E-state index in [4.69, 9.17) is 0 Å². The van der Waals surface area contributed by atoms with Crippen LogP contribution in [0.4, 0.5) is 10.2 Å². The molecule has 36 heavy (non-hydrogen) atoms. The molecule has 0 radical (unpaired) electrons. The van der Waals surface area contributed by atoms with Crippen molar-refractivity contribution in [3.05, 3.63) is 59.6 Å². The van der Waals surface area contributed by atoms with Gasteiger partial charge in [-0.1, -0.05) is 0 Å². The first-order valence-corrected chi connectivity index (χ1v) is 12.6. The van der Waals surface area contributed by atoms with E-state index in [9.17, 15) is 9.59 Å². The Morgan fingerprint density at radius 3 is 2.47 bits per heavy atom. The quantitative estimate of drug-likeness (QED) is 0.436. The van der Waals surface area contributed by atoms with E-state index < -0.39 is 12.0 Å². The second-order valence-corrected chi connectivity index (χ2v) is 9.91. The van der Waals surface area contributed by atoms with Crippen LogP contribution < -0.4 is 10.6 Å². The predicted octanol–water partition coefficient (Wildman–Crippen LogP) is 4.29. The number of nitrogens with zero attached hydrogens (tertiary/aromatic N) is 4. The van der Waals surface area contributed by atoms with Crippen LogP contribution in [0.5, 0.6) is 0 Å². The molecule has 5 rings (SSSR count). The molecule has 3 aromatic rings. The number of anilines is 1. The first-order valence-electron chi connectivity index (χ1n) is 12.6. The molecule has 2 amide bonds. The lowest BCUT2D eigenvalue weighted by molar-refractivity contribution is -0.119. The highest BCUT2D eigenvalue weighted by molar-refractivity contribution is 6.00. The summed E-state index contributed by atoms with van der Waals surface area (Å²) in [6.07, 6.45) is 7.53. The molecule has 188 valence electrons. The van der Waals surface area contributed by atoms with E-state index in [1.165, 1.54) is 0 Å². The van der Waals surface area contributed by atoms with Crippen molar-refractivity contribution in [2.24, 2.45) is 17.8 Å². The molecule has 0 saturated heterocycles. The van der Waals surface area contributed by atoms with Gasteiger partial charge in [0, 0.05) is 35.8 Å². The molecule has 2 aliphatic rings. The van der Waals surface area contributed by atoms with Crippen LogP contribution >= 0.6 is 0 Å². The number of hydrogen-bond acceptors (Lipinski definition) is 5. The van der Waals surface area contributed by atoms with Crippen molar-refractivity contribution in [2.75, 3.05) is 5.32 Å². The number of aryl methyl sites for hydroxylation is 3. The fourth-order valence-corrected chi connectivity index (χ4v) is 5.04. The van der Waals surface area contributed by atoms with Gasteiger partial charge >= 0.3 is 0 Å². The molecule has 1 atom stereocenters. The standard InChI is InChI=1S/C27H31FN6O2/c1-4-34-21(11-12-30-34)26(35)33-24(23(17-5-6-17)18-7-8-18)27(36)32-22-10-9-19(25(28)31-22)20-13-15(2)14-29-16(20)3/h9-14,17-18,23-24H,4-8H2,1-3H3,(H,33,35)(H,31,32,36)/t24-/m0/s1. The summed E-state index contributed by atoms with van der Waals surface area (Å²) < 4.78 is 16.6. The molecule has 8 nitrogen and oxygen atoms in total. The highest BCUT2D eigenvalue weighted by Gasteiger charge is 2.48. The summed E-state index contributed by atoms with van der Waals surface area (Å²) in [5.74, 6) is -0.404. The highest BCUT2D eigenvalue weighted by Crippen LogP contribution is 2.51. The molecule has 3 aromatic heterocycles. The summed E-state index contributed by atoms with van der Waals surface area (Å²) >= 11 is 0. The Morgan fingerprint density at radius 2 is 1.83 bits per heavy atom. The van der Waals surface area contributed by atoms with Crippen LogP contribution in [-0.4, -0.2) is 37.6 Å². The Balaban J connectivity index is 1.38. The molecule has 2 fully saturated rings. The molecule has 3 heterocycles. The van der Waals surface area contributed by atoms with Gasteiger partial charge in [-0.2, -0.15) is 9.49 Å². The van der Waals surface area contributed by atoms with Crippen LogP contribution in [0, 0.1) is 37.5 Å². The molecular weight excluding hydrogens is 459 g/mol. The Kier molecular flexibility index (Phi) is 6.55. The first-order chi connectivity index (χ1) is 17.4. The molecular formula is C27H31FN6O2. The van der Waals surface area contributed by atoms with Crippen LogP contribution in [-0.2, 0) is 11.3 Å². The van der Waals surface area contributed by atoms with Gasteiger partial charge in [-0.15, -0.1) is 0 Å². The van der Waals surface area contributed by atoms with Crippen molar-refractivity contribution in [3.63, 3.8) is 0 Å². The van der Waals surface area contributed by atoms with Crippen molar-refractivity contribution < 1.29 is 14.0 Å². The van der Waals surface area contributed by atoms with Gasteiger partial charge in [0.1, 0.15) is 17.6 Å². The third-order valence-corrected chi connectivity index (χ3v) is 7.15. The van der Waals surface area contributed by atoms with E-state index in [1.807, 2.05) is 26.8 Å². The second-order valence-electron chi connectivity index (χ2n) is 9.91. The minimum Gasteiger partial charge on any atom is -0.339 e. The lowest BCUT2D eigenvalue weighted by Gasteiger charge is -2.27. The molecule has 2 N–H and O–H groups in total. The van der Waals surface area contributed by atoms with E-state index >= 15 is 4.39 Å². The predicted molar refractivity (Wildman–Crippen MR) is 134 cm³/mol. The van der Waals surface area contributed by atoms with Crippen molar-refractivity contribution >= 4 is 17.6 Å². The number of carbonyl (C=O) groups excluding carboxylic acids is 2. The summed E-state index contributed by atoms with van der Waals surface area (Å²) in [6, 6.07) is 5.98. The number of pyridine rings is 2. The SMILES string of the molecule is CCn1nccc1C(=O)N[C@H](C(=O)Nc1ccc(-c2cc(C)cnc2C)c(F)n1)C(C1CC1)C1CC1. The Bertz CT molecular complexity index is 1290. The third kappa shape index (κ3) is 5.01. The molecule has 9 heteroatoms. The van der Waals surface area contributed by atoms with Gasteiger partial charge in [0.05, 0.1) is 0 Å². The summed E-state index contributed by atoms with van der Waals surface area (Å²) in [6.45, 7) is 6.17. The molecule has 0 bridgehead atoms. The number of aromatic nitrogens is 4. The topological polar surface area (TPSA) is 102 Å². The zero-order chi connectivity index (χ0) is 25.4. The number of carbonyl (C=O) groups is 2. The number of nitrogens with one attached hydrogen (secondary N) is 2. The first kappa shape index (κ1) is 24.1. The van der Waals surface area contributed by atoms with Gasteiger partial charge < -0.3 is 10.6 Å². The maximum absolute atomic E-state index is 15.0. The third-order valence-electron chi connectivity index (χ3n) is 7.15. The van der Waals surface area contributed by atoms with Crippen molar-refractivity contribution in [3.8, 4) is 11.1 Å². The smallest absolute Gasteiger partial charge is 0.270 e. The minimum atomic E-state index is -0.731. The van der Waals surface area contributed by atoms with Crippen LogP contribution in [0.25, 0.3) is 11.1 Å². The number of amides is 2. The van der Waals surface area contributed by atoms with E-state index in [0.29, 0.717) is 40.9 Å². The summed E-state index contributed by atoms with van der Waals surface area (Å²) in [5, 5.41) is 9.92. The number of halogens is 1. The molecule has 2 aliphatic carbocycles. The Hall–Kier alpha value is -3.62. The molecule has 0 unspecified atom stereocenters. The van der Waals surface area contributed by atoms with Gasteiger partial charge in [-0.05, 0) is 94.0 Å². The van der Waals surface area contributed by atoms with Crippen LogP contribution in [0.15, 0.2) is 36.7 Å². The monoisotopic (exact) mass is 490 g/mol. The zero-order valence-electron chi connectivity index (χ0n) is 20.8. The fourth-order valence-electron chi connectivity index (χ4n) is 5.04. The van der Waals surface area contributed by atoms with Crippen molar-refractivity contribution in [1.29, 1.82) is 0 Å². The molecule has 0 spiro atoms. The summed E-state index contributed by atoms with van der Waals surface area (Å²) in [7, 11) is 0. The summed E-state index contributed by atoms with van der Waals surface area (Å²) in [5.41, 5.74) is 3.02. The van der Waals surface area contributed by atoms with Gasteiger partial charge in [-0.25, -0.2) is 4.98 Å². The Labute approximate surface area is 209 Å². The van der Waals surface area contributed by atoms with Gasteiger partial charge in [0.25, 0.3) is 5.91 Å². The van der Waals surface area contributed by atoms with Gasteiger partial charge in [0.15, 0.2) is 0 Å². The van der Waals surface area contributed by atoms with Crippen molar-refractivity contribution in [1.82, 2.24) is 25.1 Å². The molecule has 2 saturated carbocycles. The lowest BCUT2D eigenvalue weighted by atomic mass is 9.88. The van der Waals surface area contributed by atoms with E-state index in [2.05, 4.69) is 25.7 Å². The molecule has 0 aromatic carbocycles.